The summed E-state index contributed by atoms with van der Waals surface area (Å²) < 4.78 is 39.8. The Bertz CT molecular complexity index is 1140. The number of aromatic nitrogens is 3. The van der Waals surface area contributed by atoms with Crippen molar-refractivity contribution in [3.8, 4) is 0 Å². The molecule has 1 aromatic heterocycles. The van der Waals surface area contributed by atoms with Gasteiger partial charge in [-0.25, -0.2) is 4.68 Å². The topological polar surface area (TPSA) is 71.3 Å². The number of halogens is 3. The Morgan fingerprint density at radius 1 is 1.00 bits per heavy atom. The molecule has 1 aliphatic rings. The van der Waals surface area contributed by atoms with Crippen LogP contribution in [0.5, 0.6) is 0 Å². The number of hydrogen-bond acceptors (Lipinski definition) is 5. The van der Waals surface area contributed by atoms with E-state index in [-0.39, 0.29) is 12.5 Å². The van der Waals surface area contributed by atoms with Crippen LogP contribution in [-0.2, 0) is 17.5 Å². The maximum absolute atomic E-state index is 12.9. The second kappa shape index (κ2) is 7.77. The number of carbonyl (C=O) groups excluding carboxylic acids is 1. The first-order chi connectivity index (χ1) is 14.3. The molecule has 0 bridgehead atoms. The molecule has 4 rings (SSSR count). The van der Waals surface area contributed by atoms with Gasteiger partial charge in [-0.05, 0) is 30.3 Å². The number of amides is 1. The summed E-state index contributed by atoms with van der Waals surface area (Å²) in [5, 5.41) is 8.17. The van der Waals surface area contributed by atoms with Crippen LogP contribution in [0.4, 0.5) is 18.9 Å². The Balaban J connectivity index is 1.42. The number of piperazine rings is 1. The molecule has 1 aliphatic heterocycles. The minimum Gasteiger partial charge on any atom is -0.368 e. The molecule has 7 nitrogen and oxygen atoms in total. The molecule has 0 saturated carbocycles. The predicted molar refractivity (Wildman–Crippen MR) is 104 cm³/mol. The minimum atomic E-state index is -4.40. The Kier molecular flexibility index (Phi) is 5.15. The number of alkyl halides is 3. The SMILES string of the molecule is O=C(Cn1nnc2ccccc2c1=O)N1CCN(c2cccc(C(F)(F)F)c2)CC1. The Labute approximate surface area is 169 Å². The zero-order valence-corrected chi connectivity index (χ0v) is 15.8. The van der Waals surface area contributed by atoms with Crippen molar-refractivity contribution >= 4 is 22.5 Å². The van der Waals surface area contributed by atoms with Gasteiger partial charge in [0.15, 0.2) is 0 Å². The van der Waals surface area contributed by atoms with Gasteiger partial charge in [0.25, 0.3) is 5.56 Å². The maximum atomic E-state index is 12.9. The van der Waals surface area contributed by atoms with E-state index in [4.69, 9.17) is 0 Å². The summed E-state index contributed by atoms with van der Waals surface area (Å²) >= 11 is 0. The molecule has 1 saturated heterocycles. The Morgan fingerprint density at radius 3 is 2.47 bits per heavy atom. The fourth-order valence-electron chi connectivity index (χ4n) is 3.45. The number of benzene rings is 2. The van der Waals surface area contributed by atoms with Gasteiger partial charge >= 0.3 is 6.18 Å². The summed E-state index contributed by atoms with van der Waals surface area (Å²) in [4.78, 5) is 28.5. The van der Waals surface area contributed by atoms with E-state index in [9.17, 15) is 22.8 Å². The smallest absolute Gasteiger partial charge is 0.368 e. The zero-order valence-electron chi connectivity index (χ0n) is 15.8. The summed E-state index contributed by atoms with van der Waals surface area (Å²) in [6.45, 7) is 1.23. The summed E-state index contributed by atoms with van der Waals surface area (Å²) in [6, 6.07) is 11.9. The van der Waals surface area contributed by atoms with Crippen LogP contribution in [-0.4, -0.2) is 52.0 Å². The van der Waals surface area contributed by atoms with Gasteiger partial charge in [0.05, 0.1) is 10.9 Å². The number of fused-ring (bicyclic) bond motifs is 1. The Hall–Kier alpha value is -3.43. The van der Waals surface area contributed by atoms with Crippen LogP contribution in [0.25, 0.3) is 10.9 Å². The number of rotatable bonds is 3. The number of nitrogens with zero attached hydrogens (tertiary/aromatic N) is 5. The lowest BCUT2D eigenvalue weighted by molar-refractivity contribution is -0.137. The van der Waals surface area contributed by atoms with Crippen molar-refractivity contribution < 1.29 is 18.0 Å². The fraction of sp³-hybridized carbons (Fsp3) is 0.300. The highest BCUT2D eigenvalue weighted by molar-refractivity contribution is 5.78. The van der Waals surface area contributed by atoms with Crippen LogP contribution < -0.4 is 10.5 Å². The van der Waals surface area contributed by atoms with Gasteiger partial charge in [-0.2, -0.15) is 13.2 Å². The third kappa shape index (κ3) is 3.98. The third-order valence-corrected chi connectivity index (χ3v) is 5.09. The maximum Gasteiger partial charge on any atom is 0.416 e. The van der Waals surface area contributed by atoms with E-state index in [1.54, 1.807) is 40.1 Å². The van der Waals surface area contributed by atoms with E-state index in [2.05, 4.69) is 10.3 Å². The molecular formula is C20H18F3N5O2. The predicted octanol–water partition coefficient (Wildman–Crippen LogP) is 2.16. The van der Waals surface area contributed by atoms with E-state index in [0.717, 1.165) is 16.8 Å². The molecule has 0 spiro atoms. The Morgan fingerprint density at radius 2 is 1.73 bits per heavy atom. The lowest BCUT2D eigenvalue weighted by Crippen LogP contribution is -2.50. The molecule has 0 atom stereocenters. The molecule has 0 radical (unpaired) electrons. The van der Waals surface area contributed by atoms with E-state index in [1.165, 1.54) is 6.07 Å². The van der Waals surface area contributed by atoms with Crippen LogP contribution in [0.3, 0.4) is 0 Å². The lowest BCUT2D eigenvalue weighted by atomic mass is 10.1. The van der Waals surface area contributed by atoms with Crippen molar-refractivity contribution in [3.05, 3.63) is 64.4 Å². The summed E-state index contributed by atoms with van der Waals surface area (Å²) in [6.07, 6.45) is -4.40. The molecule has 2 aromatic carbocycles. The molecule has 3 aromatic rings. The molecular weight excluding hydrogens is 399 g/mol. The van der Waals surface area contributed by atoms with Crippen LogP contribution >= 0.6 is 0 Å². The quantitative estimate of drug-likeness (QED) is 0.653. The highest BCUT2D eigenvalue weighted by Gasteiger charge is 2.31. The summed E-state index contributed by atoms with van der Waals surface area (Å²) in [5.74, 6) is -0.287. The van der Waals surface area contributed by atoms with E-state index in [0.29, 0.717) is 42.8 Å². The second-order valence-electron chi connectivity index (χ2n) is 6.99. The third-order valence-electron chi connectivity index (χ3n) is 5.09. The molecule has 30 heavy (non-hydrogen) atoms. The first-order valence-corrected chi connectivity index (χ1v) is 9.35. The van der Waals surface area contributed by atoms with Crippen LogP contribution in [0.2, 0.25) is 0 Å². The van der Waals surface area contributed by atoms with Gasteiger partial charge in [0.1, 0.15) is 12.1 Å². The van der Waals surface area contributed by atoms with Gasteiger partial charge in [-0.1, -0.05) is 23.4 Å². The normalized spacial score (nSPS) is 14.9. The summed E-state index contributed by atoms with van der Waals surface area (Å²) in [5.41, 5.74) is -0.168. The molecule has 0 unspecified atom stereocenters. The molecule has 156 valence electrons. The standard InChI is InChI=1S/C20H18F3N5O2/c21-20(22,23)14-4-3-5-15(12-14)26-8-10-27(11-9-26)18(29)13-28-19(30)16-6-1-2-7-17(16)24-25-28/h1-7,12H,8-11,13H2. The molecule has 0 N–H and O–H groups in total. The van der Waals surface area contributed by atoms with Gasteiger partial charge < -0.3 is 9.80 Å². The van der Waals surface area contributed by atoms with Crippen LogP contribution in [0, 0.1) is 0 Å². The van der Waals surface area contributed by atoms with Crippen LogP contribution in [0.15, 0.2) is 53.3 Å². The molecule has 0 aliphatic carbocycles. The lowest BCUT2D eigenvalue weighted by Gasteiger charge is -2.36. The average Bonchev–Trinajstić information content (AvgIpc) is 2.75. The van der Waals surface area contributed by atoms with Crippen molar-refractivity contribution in [1.29, 1.82) is 0 Å². The van der Waals surface area contributed by atoms with Crippen molar-refractivity contribution in [2.45, 2.75) is 12.7 Å². The molecule has 1 fully saturated rings. The van der Waals surface area contributed by atoms with Gasteiger partial charge in [0.2, 0.25) is 5.91 Å². The van der Waals surface area contributed by atoms with Gasteiger partial charge in [-0.3, -0.25) is 9.59 Å². The van der Waals surface area contributed by atoms with Crippen molar-refractivity contribution in [2.75, 3.05) is 31.1 Å². The van der Waals surface area contributed by atoms with Gasteiger partial charge in [-0.15, -0.1) is 5.10 Å². The average molecular weight is 417 g/mol. The van der Waals surface area contributed by atoms with Gasteiger partial charge in [0, 0.05) is 31.9 Å². The number of anilines is 1. The molecule has 10 heteroatoms. The zero-order chi connectivity index (χ0) is 21.3. The first kappa shape index (κ1) is 19.9. The van der Waals surface area contributed by atoms with E-state index < -0.39 is 17.3 Å². The monoisotopic (exact) mass is 417 g/mol. The van der Waals surface area contributed by atoms with Crippen molar-refractivity contribution in [2.24, 2.45) is 0 Å². The van der Waals surface area contributed by atoms with Crippen molar-refractivity contribution in [3.63, 3.8) is 0 Å². The minimum absolute atomic E-state index is 0.236. The summed E-state index contributed by atoms with van der Waals surface area (Å²) in [7, 11) is 0. The number of carbonyl (C=O) groups is 1. The molecule has 2 heterocycles. The molecule has 1 amide bonds. The van der Waals surface area contributed by atoms with Crippen LogP contribution in [0.1, 0.15) is 5.56 Å². The van der Waals surface area contributed by atoms with E-state index >= 15 is 0 Å². The van der Waals surface area contributed by atoms with Crippen molar-refractivity contribution in [1.82, 2.24) is 19.9 Å². The highest BCUT2D eigenvalue weighted by Crippen LogP contribution is 2.31. The largest absolute Gasteiger partial charge is 0.416 e. The fourth-order valence-corrected chi connectivity index (χ4v) is 3.45. The van der Waals surface area contributed by atoms with E-state index in [1.807, 2.05) is 0 Å². The second-order valence-corrected chi connectivity index (χ2v) is 6.99. The highest BCUT2D eigenvalue weighted by atomic mass is 19.4. The first-order valence-electron chi connectivity index (χ1n) is 9.35. The number of hydrogen-bond donors (Lipinski definition) is 0.